The molecule has 0 unspecified atom stereocenters. The fraction of sp³-hybridized carbons (Fsp3) is 0.800. The molecular formula is C15H27ClN4. The Morgan fingerprint density at radius 1 is 1.35 bits per heavy atom. The lowest BCUT2D eigenvalue weighted by molar-refractivity contribution is 0.142. The molecule has 1 fully saturated rings. The van der Waals surface area contributed by atoms with E-state index in [2.05, 4.69) is 16.9 Å². The van der Waals surface area contributed by atoms with E-state index >= 15 is 0 Å². The highest BCUT2D eigenvalue weighted by molar-refractivity contribution is 6.30. The molecule has 2 N–H and O–H groups in total. The smallest absolute Gasteiger partial charge is 0.131 e. The fourth-order valence-electron chi connectivity index (χ4n) is 3.20. The van der Waals surface area contributed by atoms with Gasteiger partial charge in [0.25, 0.3) is 0 Å². The Kier molecular flexibility index (Phi) is 5.47. The molecule has 0 amide bonds. The number of nitrogens with two attached hydrogens (primary N) is 1. The van der Waals surface area contributed by atoms with Crippen LogP contribution in [0.15, 0.2) is 0 Å². The van der Waals surface area contributed by atoms with E-state index in [9.17, 15) is 0 Å². The Labute approximate surface area is 127 Å². The van der Waals surface area contributed by atoms with Gasteiger partial charge in [0.1, 0.15) is 5.15 Å². The zero-order valence-electron chi connectivity index (χ0n) is 12.9. The van der Waals surface area contributed by atoms with Gasteiger partial charge < -0.3 is 5.73 Å². The predicted molar refractivity (Wildman–Crippen MR) is 83.9 cm³/mol. The van der Waals surface area contributed by atoms with E-state index in [1.54, 1.807) is 4.68 Å². The third kappa shape index (κ3) is 3.54. The maximum Gasteiger partial charge on any atom is 0.131 e. The zero-order valence-corrected chi connectivity index (χ0v) is 13.7. The largest absolute Gasteiger partial charge is 0.328 e. The molecule has 4 nitrogen and oxygen atoms in total. The minimum atomic E-state index is 0.401. The fourth-order valence-corrected chi connectivity index (χ4v) is 3.44. The van der Waals surface area contributed by atoms with Crippen molar-refractivity contribution in [1.82, 2.24) is 14.7 Å². The third-order valence-corrected chi connectivity index (χ3v) is 4.87. The molecule has 0 bridgehead atoms. The Morgan fingerprint density at radius 2 is 2.00 bits per heavy atom. The lowest BCUT2D eigenvalue weighted by Crippen LogP contribution is -2.41. The minimum Gasteiger partial charge on any atom is -0.328 e. The van der Waals surface area contributed by atoms with Gasteiger partial charge in [-0.05, 0) is 45.6 Å². The lowest BCUT2D eigenvalue weighted by atomic mass is 9.90. The topological polar surface area (TPSA) is 47.1 Å². The van der Waals surface area contributed by atoms with Crippen molar-refractivity contribution < 1.29 is 0 Å². The summed E-state index contributed by atoms with van der Waals surface area (Å²) in [6, 6.07) is 1.05. The van der Waals surface area contributed by atoms with E-state index in [0.29, 0.717) is 12.1 Å². The molecule has 1 aliphatic rings. The molecule has 0 atom stereocenters. The van der Waals surface area contributed by atoms with Crippen molar-refractivity contribution in [2.75, 3.05) is 6.54 Å². The third-order valence-electron chi connectivity index (χ3n) is 4.40. The van der Waals surface area contributed by atoms with Crippen molar-refractivity contribution in [2.45, 2.75) is 64.6 Å². The normalized spacial score (nSPS) is 23.5. The molecule has 1 aliphatic carbocycles. The molecule has 1 aromatic rings. The van der Waals surface area contributed by atoms with Crippen molar-refractivity contribution in [2.24, 2.45) is 12.8 Å². The van der Waals surface area contributed by atoms with Crippen LogP contribution in [-0.4, -0.2) is 33.3 Å². The average Bonchev–Trinajstić information content (AvgIpc) is 2.65. The molecule has 114 valence electrons. The summed E-state index contributed by atoms with van der Waals surface area (Å²) in [5, 5.41) is 5.19. The first-order valence-electron chi connectivity index (χ1n) is 7.70. The molecule has 1 heterocycles. The van der Waals surface area contributed by atoms with Gasteiger partial charge in [-0.3, -0.25) is 9.58 Å². The summed E-state index contributed by atoms with van der Waals surface area (Å²) in [4.78, 5) is 2.57. The van der Waals surface area contributed by atoms with Gasteiger partial charge in [0.2, 0.25) is 0 Å². The molecule has 1 saturated carbocycles. The van der Waals surface area contributed by atoms with Crippen LogP contribution in [0.3, 0.4) is 0 Å². The van der Waals surface area contributed by atoms with Gasteiger partial charge in [0.15, 0.2) is 0 Å². The molecule has 1 aromatic heterocycles. The van der Waals surface area contributed by atoms with Crippen molar-refractivity contribution in [3.63, 3.8) is 0 Å². The number of halogens is 1. The SMILES string of the molecule is CCCN(Cc1c(C)nn(C)c1Cl)C1CCC(N)CC1. The van der Waals surface area contributed by atoms with E-state index in [1.165, 1.54) is 24.8 Å². The summed E-state index contributed by atoms with van der Waals surface area (Å²) >= 11 is 6.37. The van der Waals surface area contributed by atoms with Crippen molar-refractivity contribution in [1.29, 1.82) is 0 Å². The van der Waals surface area contributed by atoms with E-state index in [4.69, 9.17) is 17.3 Å². The first-order valence-corrected chi connectivity index (χ1v) is 8.08. The van der Waals surface area contributed by atoms with Crippen molar-refractivity contribution in [3.05, 3.63) is 16.4 Å². The average molecular weight is 299 g/mol. The van der Waals surface area contributed by atoms with Crippen LogP contribution in [0, 0.1) is 6.92 Å². The van der Waals surface area contributed by atoms with Crippen LogP contribution < -0.4 is 5.73 Å². The second-order valence-corrected chi connectivity index (χ2v) is 6.38. The predicted octanol–water partition coefficient (Wildman–Crippen LogP) is 2.86. The Bertz CT molecular complexity index is 435. The molecule has 0 aromatic carbocycles. The van der Waals surface area contributed by atoms with Crippen molar-refractivity contribution in [3.8, 4) is 0 Å². The van der Waals surface area contributed by atoms with Crippen LogP contribution in [0.5, 0.6) is 0 Å². The summed E-state index contributed by atoms with van der Waals surface area (Å²) in [7, 11) is 1.91. The summed E-state index contributed by atoms with van der Waals surface area (Å²) in [6.45, 7) is 6.30. The van der Waals surface area contributed by atoms with Crippen LogP contribution in [0.1, 0.15) is 50.3 Å². The second-order valence-electron chi connectivity index (χ2n) is 6.02. The van der Waals surface area contributed by atoms with Gasteiger partial charge in [-0.1, -0.05) is 18.5 Å². The van der Waals surface area contributed by atoms with Crippen LogP contribution in [0.2, 0.25) is 5.15 Å². The second kappa shape index (κ2) is 6.92. The van der Waals surface area contributed by atoms with E-state index in [-0.39, 0.29) is 0 Å². The van der Waals surface area contributed by atoms with Gasteiger partial charge >= 0.3 is 0 Å². The standard InChI is InChI=1S/C15H27ClN4/c1-4-9-20(13-7-5-12(17)6-8-13)10-14-11(2)18-19(3)15(14)16/h12-13H,4-10,17H2,1-3H3. The number of aryl methyl sites for hydroxylation is 2. The molecular weight excluding hydrogens is 272 g/mol. The van der Waals surface area contributed by atoms with E-state index in [1.807, 2.05) is 14.0 Å². The summed E-state index contributed by atoms with van der Waals surface area (Å²) < 4.78 is 1.77. The maximum atomic E-state index is 6.37. The molecule has 0 spiro atoms. The lowest BCUT2D eigenvalue weighted by Gasteiger charge is -2.36. The summed E-state index contributed by atoms with van der Waals surface area (Å²) in [5.41, 5.74) is 8.25. The number of nitrogens with zero attached hydrogens (tertiary/aromatic N) is 3. The number of hydrogen-bond acceptors (Lipinski definition) is 3. The Hall–Kier alpha value is -0.580. The van der Waals surface area contributed by atoms with Gasteiger partial charge in [-0.25, -0.2) is 0 Å². The number of aromatic nitrogens is 2. The van der Waals surface area contributed by atoms with Gasteiger partial charge in [0, 0.05) is 31.2 Å². The van der Waals surface area contributed by atoms with Crippen LogP contribution in [0.25, 0.3) is 0 Å². The van der Waals surface area contributed by atoms with Crippen LogP contribution in [0.4, 0.5) is 0 Å². The first-order chi connectivity index (χ1) is 9.52. The number of rotatable bonds is 5. The zero-order chi connectivity index (χ0) is 14.7. The van der Waals surface area contributed by atoms with Crippen LogP contribution >= 0.6 is 11.6 Å². The highest BCUT2D eigenvalue weighted by Crippen LogP contribution is 2.27. The Morgan fingerprint density at radius 3 is 2.50 bits per heavy atom. The first kappa shape index (κ1) is 15.8. The molecule has 0 aliphatic heterocycles. The number of hydrogen-bond donors (Lipinski definition) is 1. The molecule has 0 saturated heterocycles. The van der Waals surface area contributed by atoms with Crippen molar-refractivity contribution >= 4 is 11.6 Å². The van der Waals surface area contributed by atoms with Gasteiger partial charge in [0.05, 0.1) is 5.69 Å². The monoisotopic (exact) mass is 298 g/mol. The van der Waals surface area contributed by atoms with E-state index in [0.717, 1.165) is 36.8 Å². The maximum absolute atomic E-state index is 6.37. The molecule has 0 radical (unpaired) electrons. The highest BCUT2D eigenvalue weighted by Gasteiger charge is 2.25. The quantitative estimate of drug-likeness (QED) is 0.909. The van der Waals surface area contributed by atoms with Gasteiger partial charge in [-0.2, -0.15) is 5.10 Å². The summed E-state index contributed by atoms with van der Waals surface area (Å²) in [5.74, 6) is 0. The Balaban J connectivity index is 2.09. The highest BCUT2D eigenvalue weighted by atomic mass is 35.5. The minimum absolute atomic E-state index is 0.401. The molecule has 2 rings (SSSR count). The van der Waals surface area contributed by atoms with E-state index < -0.39 is 0 Å². The van der Waals surface area contributed by atoms with Crippen LogP contribution in [-0.2, 0) is 13.6 Å². The molecule has 20 heavy (non-hydrogen) atoms. The molecule has 5 heteroatoms. The van der Waals surface area contributed by atoms with Gasteiger partial charge in [-0.15, -0.1) is 0 Å². The summed E-state index contributed by atoms with van der Waals surface area (Å²) in [6.07, 6.45) is 5.87.